The fourth-order valence-electron chi connectivity index (χ4n) is 4.47. The molecule has 3 aliphatic rings. The molecule has 0 saturated carbocycles. The number of piperidine rings is 2. The van der Waals surface area contributed by atoms with E-state index >= 15 is 0 Å². The average molecular weight is 420 g/mol. The Morgan fingerprint density at radius 1 is 1.17 bits per heavy atom. The molecule has 0 radical (unpaired) electrons. The molecule has 0 aliphatic carbocycles. The van der Waals surface area contributed by atoms with Crippen LogP contribution in [0.15, 0.2) is 10.9 Å². The van der Waals surface area contributed by atoms with Crippen LogP contribution in [0.25, 0.3) is 4.96 Å². The first kappa shape index (κ1) is 19.0. The second-order valence-corrected chi connectivity index (χ2v) is 8.94. The normalized spacial score (nSPS) is 22.7. The summed E-state index contributed by atoms with van der Waals surface area (Å²) in [4.78, 5) is 34.2. The van der Waals surface area contributed by atoms with Crippen LogP contribution in [0.2, 0.25) is 0 Å². The van der Waals surface area contributed by atoms with Crippen LogP contribution in [-0.2, 0) is 14.3 Å². The van der Waals surface area contributed by atoms with E-state index in [9.17, 15) is 9.59 Å². The van der Waals surface area contributed by atoms with Crippen LogP contribution in [0.3, 0.4) is 0 Å². The van der Waals surface area contributed by atoms with Gasteiger partial charge in [-0.2, -0.15) is 4.52 Å². The van der Waals surface area contributed by atoms with Gasteiger partial charge in [0.2, 0.25) is 16.0 Å². The van der Waals surface area contributed by atoms with Crippen molar-refractivity contribution in [3.05, 3.63) is 22.1 Å². The summed E-state index contributed by atoms with van der Waals surface area (Å²) in [6.45, 7) is 6.03. The molecular formula is C19H25N5O4S. The largest absolute Gasteiger partial charge is 0.347 e. The maximum atomic E-state index is 13.0. The van der Waals surface area contributed by atoms with Crippen molar-refractivity contribution in [3.8, 4) is 0 Å². The Bertz CT molecular complexity index is 965. The summed E-state index contributed by atoms with van der Waals surface area (Å²) in [5.74, 6) is -0.157. The van der Waals surface area contributed by atoms with Gasteiger partial charge in [-0.15, -0.1) is 5.10 Å². The molecule has 5 rings (SSSR count). The van der Waals surface area contributed by atoms with Gasteiger partial charge in [-0.05, 0) is 19.8 Å². The Morgan fingerprint density at radius 3 is 2.55 bits per heavy atom. The molecule has 1 spiro atoms. The number of hydrogen-bond donors (Lipinski definition) is 0. The molecule has 10 heteroatoms. The number of ether oxygens (including phenoxy) is 2. The number of carbonyl (C=O) groups excluding carboxylic acids is 1. The smallest absolute Gasteiger partial charge is 0.275 e. The minimum Gasteiger partial charge on any atom is -0.347 e. The first-order chi connectivity index (χ1) is 14.0. The van der Waals surface area contributed by atoms with Crippen LogP contribution in [0.1, 0.15) is 31.4 Å². The van der Waals surface area contributed by atoms with E-state index in [1.54, 1.807) is 0 Å². The van der Waals surface area contributed by atoms with Crippen molar-refractivity contribution >= 4 is 27.3 Å². The van der Waals surface area contributed by atoms with E-state index in [0.29, 0.717) is 37.0 Å². The maximum Gasteiger partial charge on any atom is 0.275 e. The Labute approximate surface area is 172 Å². The lowest BCUT2D eigenvalue weighted by Gasteiger charge is -2.40. The van der Waals surface area contributed by atoms with E-state index in [4.69, 9.17) is 9.47 Å². The maximum absolute atomic E-state index is 13.0. The van der Waals surface area contributed by atoms with Gasteiger partial charge in [-0.3, -0.25) is 9.59 Å². The number of rotatable bonds is 2. The van der Waals surface area contributed by atoms with Gasteiger partial charge < -0.3 is 19.3 Å². The zero-order valence-electron chi connectivity index (χ0n) is 16.5. The molecule has 9 nitrogen and oxygen atoms in total. The van der Waals surface area contributed by atoms with Crippen molar-refractivity contribution < 1.29 is 14.3 Å². The molecule has 2 aromatic heterocycles. The number of likely N-dealkylation sites (tertiary alicyclic amines) is 1. The lowest BCUT2D eigenvalue weighted by atomic mass is 9.94. The fraction of sp³-hybridized carbons (Fsp3) is 0.684. The number of hydrogen-bond acceptors (Lipinski definition) is 8. The number of amides is 1. The molecule has 0 N–H and O–H groups in total. The quantitative estimate of drug-likeness (QED) is 0.719. The van der Waals surface area contributed by atoms with Crippen molar-refractivity contribution in [1.82, 2.24) is 19.5 Å². The summed E-state index contributed by atoms with van der Waals surface area (Å²) in [6.07, 6.45) is 3.10. The van der Waals surface area contributed by atoms with E-state index in [-0.39, 0.29) is 17.4 Å². The van der Waals surface area contributed by atoms with E-state index in [2.05, 4.69) is 15.0 Å². The average Bonchev–Trinajstić information content (AvgIpc) is 3.36. The van der Waals surface area contributed by atoms with Gasteiger partial charge >= 0.3 is 0 Å². The number of aromatic nitrogens is 3. The Kier molecular flexibility index (Phi) is 4.79. The molecule has 0 bridgehead atoms. The standard InChI is InChI=1S/C19H25N5O4S/c1-13-12-15(25)24-17(20-13)29-18(21-24)23-6-2-14(3-7-23)16(26)22-8-4-19(5-9-22)27-10-11-28-19/h12,14H,2-11H2,1H3. The molecule has 5 heterocycles. The van der Waals surface area contributed by atoms with Crippen LogP contribution < -0.4 is 10.5 Å². The first-order valence-electron chi connectivity index (χ1n) is 10.2. The monoisotopic (exact) mass is 419 g/mol. The Hall–Kier alpha value is -2.04. The Morgan fingerprint density at radius 2 is 1.86 bits per heavy atom. The first-order valence-corrected chi connectivity index (χ1v) is 11.0. The lowest BCUT2D eigenvalue weighted by Crippen LogP contribution is -2.50. The molecular weight excluding hydrogens is 394 g/mol. The Balaban J connectivity index is 1.20. The molecule has 3 aliphatic heterocycles. The third-order valence-corrected chi connectivity index (χ3v) is 7.10. The predicted octanol–water partition coefficient (Wildman–Crippen LogP) is 1.04. The lowest BCUT2D eigenvalue weighted by molar-refractivity contribution is -0.188. The summed E-state index contributed by atoms with van der Waals surface area (Å²) < 4.78 is 12.9. The van der Waals surface area contributed by atoms with Crippen LogP contribution in [-0.4, -0.2) is 70.6 Å². The predicted molar refractivity (Wildman–Crippen MR) is 107 cm³/mol. The summed E-state index contributed by atoms with van der Waals surface area (Å²) in [7, 11) is 0. The third kappa shape index (κ3) is 3.53. The highest BCUT2D eigenvalue weighted by atomic mass is 32.1. The van der Waals surface area contributed by atoms with E-state index in [0.717, 1.165) is 43.9 Å². The molecule has 3 saturated heterocycles. The molecule has 1 amide bonds. The van der Waals surface area contributed by atoms with E-state index in [1.165, 1.54) is 21.9 Å². The zero-order valence-corrected chi connectivity index (χ0v) is 17.3. The van der Waals surface area contributed by atoms with E-state index < -0.39 is 5.79 Å². The fourth-order valence-corrected chi connectivity index (χ4v) is 5.47. The van der Waals surface area contributed by atoms with Gasteiger partial charge in [0.05, 0.1) is 13.2 Å². The molecule has 0 aromatic carbocycles. The topological polar surface area (TPSA) is 89.3 Å². The molecule has 3 fully saturated rings. The van der Waals surface area contributed by atoms with Crippen LogP contribution >= 0.6 is 11.3 Å². The van der Waals surface area contributed by atoms with Crippen molar-refractivity contribution in [2.24, 2.45) is 5.92 Å². The van der Waals surface area contributed by atoms with Gasteiger partial charge in [0.1, 0.15) is 0 Å². The van der Waals surface area contributed by atoms with Crippen LogP contribution in [0.4, 0.5) is 5.13 Å². The van der Waals surface area contributed by atoms with Gasteiger partial charge in [0.25, 0.3) is 5.56 Å². The molecule has 156 valence electrons. The van der Waals surface area contributed by atoms with Gasteiger partial charge in [-0.1, -0.05) is 11.3 Å². The molecule has 0 unspecified atom stereocenters. The third-order valence-electron chi connectivity index (χ3n) is 6.13. The number of fused-ring (bicyclic) bond motifs is 1. The highest BCUT2D eigenvalue weighted by Crippen LogP contribution is 2.33. The summed E-state index contributed by atoms with van der Waals surface area (Å²) in [5.41, 5.74) is 0.546. The number of nitrogens with zero attached hydrogens (tertiary/aromatic N) is 5. The summed E-state index contributed by atoms with van der Waals surface area (Å²) >= 11 is 1.42. The molecule has 0 atom stereocenters. The minimum atomic E-state index is -0.447. The summed E-state index contributed by atoms with van der Waals surface area (Å²) in [6, 6.07) is 1.49. The number of anilines is 1. The van der Waals surface area contributed by atoms with E-state index in [1.807, 2.05) is 11.8 Å². The van der Waals surface area contributed by atoms with Gasteiger partial charge in [0, 0.05) is 56.7 Å². The minimum absolute atomic E-state index is 0.0446. The number of aryl methyl sites for hydroxylation is 1. The van der Waals surface area contributed by atoms with Crippen LogP contribution in [0.5, 0.6) is 0 Å². The van der Waals surface area contributed by atoms with Crippen LogP contribution in [0, 0.1) is 12.8 Å². The highest BCUT2D eigenvalue weighted by molar-refractivity contribution is 7.20. The second kappa shape index (κ2) is 7.33. The highest BCUT2D eigenvalue weighted by Gasteiger charge is 2.42. The SMILES string of the molecule is Cc1cc(=O)n2nc(N3CCC(C(=O)N4CCC5(CC4)OCCO5)CC3)sc2n1. The molecule has 2 aromatic rings. The zero-order chi connectivity index (χ0) is 20.0. The van der Waals surface area contributed by atoms with Crippen molar-refractivity contribution in [2.45, 2.75) is 38.4 Å². The van der Waals surface area contributed by atoms with Gasteiger partial charge in [-0.25, -0.2) is 4.98 Å². The van der Waals surface area contributed by atoms with Gasteiger partial charge in [0.15, 0.2) is 5.79 Å². The number of carbonyl (C=O) groups is 1. The van der Waals surface area contributed by atoms with Crippen molar-refractivity contribution in [1.29, 1.82) is 0 Å². The van der Waals surface area contributed by atoms with Crippen molar-refractivity contribution in [2.75, 3.05) is 44.3 Å². The molecule has 29 heavy (non-hydrogen) atoms. The van der Waals surface area contributed by atoms with Crippen molar-refractivity contribution in [3.63, 3.8) is 0 Å². The second-order valence-electron chi connectivity index (χ2n) is 8.01. The summed E-state index contributed by atoms with van der Waals surface area (Å²) in [5, 5.41) is 5.23.